The Morgan fingerprint density at radius 1 is 1.00 bits per heavy atom. The Balaban J connectivity index is 1.50. The number of anilines is 1. The van der Waals surface area contributed by atoms with Gasteiger partial charge in [-0.15, -0.1) is 0 Å². The van der Waals surface area contributed by atoms with Crippen LogP contribution in [-0.4, -0.2) is 39.2 Å². The molecule has 1 amide bonds. The number of rotatable bonds is 6. The van der Waals surface area contributed by atoms with Crippen LogP contribution in [0.5, 0.6) is 0 Å². The van der Waals surface area contributed by atoms with Gasteiger partial charge in [-0.05, 0) is 29.8 Å². The molecule has 0 fully saturated rings. The number of H-pyrrole nitrogens is 1. The molecule has 37 heavy (non-hydrogen) atoms. The predicted octanol–water partition coefficient (Wildman–Crippen LogP) is 4.64. The standard InChI is InChI=1S/C27H21ClN6O3/c1-37-27(36)17-9-7-15(8-10-17)13-30-26(35)24-25(29)33-22(16-5-3-2-4-6-16)23(32-24)18-11-19-14-31-34-21(19)20(28)12-18/h2-12,14H,13H2,1H3,(H2,29,33)(H,30,35)(H,31,34). The van der Waals surface area contributed by atoms with E-state index in [2.05, 4.69) is 25.5 Å². The van der Waals surface area contributed by atoms with Crippen LogP contribution < -0.4 is 11.1 Å². The number of esters is 1. The number of halogens is 1. The average molecular weight is 513 g/mol. The number of methoxy groups -OCH3 is 1. The van der Waals surface area contributed by atoms with E-state index in [0.717, 1.165) is 16.5 Å². The highest BCUT2D eigenvalue weighted by Gasteiger charge is 2.21. The van der Waals surface area contributed by atoms with Gasteiger partial charge in [-0.1, -0.05) is 54.1 Å². The lowest BCUT2D eigenvalue weighted by Gasteiger charge is -2.14. The van der Waals surface area contributed by atoms with Crippen LogP contribution in [0.4, 0.5) is 5.82 Å². The number of nitrogens with two attached hydrogens (primary N) is 1. The van der Waals surface area contributed by atoms with Gasteiger partial charge in [0.1, 0.15) is 0 Å². The fourth-order valence-electron chi connectivity index (χ4n) is 3.91. The maximum atomic E-state index is 13.1. The molecule has 3 aromatic carbocycles. The van der Waals surface area contributed by atoms with E-state index in [1.165, 1.54) is 7.11 Å². The Morgan fingerprint density at radius 3 is 2.46 bits per heavy atom. The van der Waals surface area contributed by atoms with Gasteiger partial charge in [0.25, 0.3) is 5.91 Å². The molecule has 0 aliphatic carbocycles. The number of hydrogen-bond donors (Lipinski definition) is 3. The molecule has 10 heteroatoms. The molecule has 0 saturated heterocycles. The second kappa shape index (κ2) is 10.1. The first kappa shape index (κ1) is 24.0. The van der Waals surface area contributed by atoms with Crippen molar-refractivity contribution in [2.24, 2.45) is 0 Å². The smallest absolute Gasteiger partial charge is 0.337 e. The van der Waals surface area contributed by atoms with E-state index in [1.54, 1.807) is 36.5 Å². The van der Waals surface area contributed by atoms with E-state index in [0.29, 0.717) is 33.1 Å². The zero-order valence-electron chi connectivity index (χ0n) is 19.7. The Kier molecular flexibility index (Phi) is 6.53. The highest BCUT2D eigenvalue weighted by Crippen LogP contribution is 2.34. The lowest BCUT2D eigenvalue weighted by atomic mass is 10.0. The van der Waals surface area contributed by atoms with E-state index >= 15 is 0 Å². The SMILES string of the molecule is COC(=O)c1ccc(CNC(=O)c2nc(-c3cc(Cl)c4[nH]ncc4c3)c(-c3ccccc3)nc2N)cc1. The van der Waals surface area contributed by atoms with E-state index in [1.807, 2.05) is 36.4 Å². The van der Waals surface area contributed by atoms with Gasteiger partial charge in [0.05, 0.1) is 40.8 Å². The normalized spacial score (nSPS) is 10.9. The van der Waals surface area contributed by atoms with Crippen LogP contribution in [0.15, 0.2) is 72.9 Å². The number of nitrogens with zero attached hydrogens (tertiary/aromatic N) is 3. The molecule has 4 N–H and O–H groups in total. The largest absolute Gasteiger partial charge is 0.465 e. The van der Waals surface area contributed by atoms with Gasteiger partial charge < -0.3 is 15.8 Å². The Morgan fingerprint density at radius 2 is 1.73 bits per heavy atom. The molecule has 0 bridgehead atoms. The van der Waals surface area contributed by atoms with Crippen molar-refractivity contribution in [2.75, 3.05) is 12.8 Å². The number of aromatic nitrogens is 4. The van der Waals surface area contributed by atoms with Crippen molar-refractivity contribution in [1.29, 1.82) is 0 Å². The molecule has 2 heterocycles. The molecule has 2 aromatic heterocycles. The summed E-state index contributed by atoms with van der Waals surface area (Å²) in [6.07, 6.45) is 1.66. The zero-order chi connectivity index (χ0) is 25.9. The van der Waals surface area contributed by atoms with Gasteiger partial charge in [-0.2, -0.15) is 5.10 Å². The van der Waals surface area contributed by atoms with Crippen molar-refractivity contribution >= 4 is 40.2 Å². The average Bonchev–Trinajstić information content (AvgIpc) is 3.41. The summed E-state index contributed by atoms with van der Waals surface area (Å²) in [5, 5.41) is 11.0. The monoisotopic (exact) mass is 512 g/mol. The first-order valence-corrected chi connectivity index (χ1v) is 11.6. The molecule has 5 aromatic rings. The minimum absolute atomic E-state index is 0.00312. The van der Waals surface area contributed by atoms with Gasteiger partial charge in [-0.3, -0.25) is 9.89 Å². The summed E-state index contributed by atoms with van der Waals surface area (Å²) < 4.78 is 4.71. The van der Waals surface area contributed by atoms with Crippen LogP contribution in [0.3, 0.4) is 0 Å². The van der Waals surface area contributed by atoms with Crippen LogP contribution in [0, 0.1) is 0 Å². The predicted molar refractivity (Wildman–Crippen MR) is 141 cm³/mol. The molecule has 0 spiro atoms. The Labute approximate surface area is 216 Å². The number of nitrogens with one attached hydrogen (secondary N) is 2. The Bertz CT molecular complexity index is 1620. The number of carbonyl (C=O) groups is 2. The number of aromatic amines is 1. The number of ether oxygens (including phenoxy) is 1. The number of fused-ring (bicyclic) bond motifs is 1. The first-order chi connectivity index (χ1) is 17.9. The minimum Gasteiger partial charge on any atom is -0.465 e. The second-order valence-electron chi connectivity index (χ2n) is 8.18. The molecule has 184 valence electrons. The molecule has 0 unspecified atom stereocenters. The summed E-state index contributed by atoms with van der Waals surface area (Å²) in [4.78, 5) is 34.0. The van der Waals surface area contributed by atoms with Crippen LogP contribution in [-0.2, 0) is 11.3 Å². The van der Waals surface area contributed by atoms with E-state index in [4.69, 9.17) is 22.1 Å². The van der Waals surface area contributed by atoms with Crippen molar-refractivity contribution in [3.8, 4) is 22.5 Å². The molecule has 9 nitrogen and oxygen atoms in total. The van der Waals surface area contributed by atoms with Crippen LogP contribution >= 0.6 is 11.6 Å². The van der Waals surface area contributed by atoms with Crippen molar-refractivity contribution in [1.82, 2.24) is 25.5 Å². The van der Waals surface area contributed by atoms with Crippen LogP contribution in [0.1, 0.15) is 26.4 Å². The van der Waals surface area contributed by atoms with Gasteiger partial charge in [-0.25, -0.2) is 14.8 Å². The maximum absolute atomic E-state index is 13.1. The molecular weight excluding hydrogens is 492 g/mol. The lowest BCUT2D eigenvalue weighted by molar-refractivity contribution is 0.0600. The van der Waals surface area contributed by atoms with E-state index in [-0.39, 0.29) is 18.1 Å². The third kappa shape index (κ3) is 4.85. The summed E-state index contributed by atoms with van der Waals surface area (Å²) in [6.45, 7) is 0.198. The number of nitrogen functional groups attached to an aromatic ring is 1. The van der Waals surface area contributed by atoms with E-state index in [9.17, 15) is 9.59 Å². The number of benzene rings is 3. The van der Waals surface area contributed by atoms with Gasteiger partial charge in [0, 0.05) is 23.1 Å². The first-order valence-electron chi connectivity index (χ1n) is 11.3. The van der Waals surface area contributed by atoms with Gasteiger partial charge in [0.15, 0.2) is 11.5 Å². The number of hydrogen-bond acceptors (Lipinski definition) is 7. The van der Waals surface area contributed by atoms with Crippen LogP contribution in [0.25, 0.3) is 33.4 Å². The number of amides is 1. The molecule has 0 saturated carbocycles. The van der Waals surface area contributed by atoms with Crippen molar-refractivity contribution in [3.05, 3.63) is 94.8 Å². The molecular formula is C27H21ClN6O3. The number of carbonyl (C=O) groups excluding carboxylic acids is 2. The summed E-state index contributed by atoms with van der Waals surface area (Å²) in [5.41, 5.74) is 10.5. The fourth-order valence-corrected chi connectivity index (χ4v) is 4.18. The van der Waals surface area contributed by atoms with Gasteiger partial charge in [0.2, 0.25) is 0 Å². The zero-order valence-corrected chi connectivity index (χ0v) is 20.4. The highest BCUT2D eigenvalue weighted by atomic mass is 35.5. The fraction of sp³-hybridized carbons (Fsp3) is 0.0741. The molecule has 0 aliphatic rings. The Hall–Kier alpha value is -4.76. The molecule has 0 aliphatic heterocycles. The quantitative estimate of drug-likeness (QED) is 0.282. The summed E-state index contributed by atoms with van der Waals surface area (Å²) in [5.74, 6) is -0.923. The second-order valence-corrected chi connectivity index (χ2v) is 8.59. The summed E-state index contributed by atoms with van der Waals surface area (Å²) in [7, 11) is 1.32. The van der Waals surface area contributed by atoms with E-state index < -0.39 is 11.9 Å². The van der Waals surface area contributed by atoms with Crippen molar-refractivity contribution in [2.45, 2.75) is 6.54 Å². The topological polar surface area (TPSA) is 136 Å². The maximum Gasteiger partial charge on any atom is 0.337 e. The third-order valence-corrected chi connectivity index (χ3v) is 6.09. The van der Waals surface area contributed by atoms with Crippen molar-refractivity contribution < 1.29 is 14.3 Å². The summed E-state index contributed by atoms with van der Waals surface area (Å²) in [6, 6.07) is 19.8. The molecule has 5 rings (SSSR count). The lowest BCUT2D eigenvalue weighted by Crippen LogP contribution is -2.26. The highest BCUT2D eigenvalue weighted by molar-refractivity contribution is 6.35. The van der Waals surface area contributed by atoms with Crippen LogP contribution in [0.2, 0.25) is 5.02 Å². The third-order valence-electron chi connectivity index (χ3n) is 5.79. The minimum atomic E-state index is -0.488. The van der Waals surface area contributed by atoms with Gasteiger partial charge >= 0.3 is 5.97 Å². The molecule has 0 atom stereocenters. The summed E-state index contributed by atoms with van der Waals surface area (Å²) >= 11 is 6.49. The van der Waals surface area contributed by atoms with Crippen molar-refractivity contribution in [3.63, 3.8) is 0 Å². The molecule has 0 radical (unpaired) electrons.